The number of nitrogens with zero attached hydrogens (tertiary/aromatic N) is 4. The van der Waals surface area contributed by atoms with Gasteiger partial charge in [-0.3, -0.25) is 14.3 Å². The lowest BCUT2D eigenvalue weighted by atomic mass is 10.2. The Morgan fingerprint density at radius 1 is 1.25 bits per heavy atom. The van der Waals surface area contributed by atoms with Crippen molar-refractivity contribution in [1.29, 1.82) is 0 Å². The van der Waals surface area contributed by atoms with Crippen LogP contribution in [-0.2, 0) is 19.8 Å². The van der Waals surface area contributed by atoms with E-state index >= 15 is 0 Å². The van der Waals surface area contributed by atoms with Crippen LogP contribution < -0.4 is 16.4 Å². The summed E-state index contributed by atoms with van der Waals surface area (Å²) in [4.78, 5) is 29.1. The second kappa shape index (κ2) is 11.0. The van der Waals surface area contributed by atoms with E-state index in [1.807, 2.05) is 0 Å². The lowest BCUT2D eigenvalue weighted by molar-refractivity contribution is -0.141. The van der Waals surface area contributed by atoms with Gasteiger partial charge >= 0.3 is 6.18 Å². The molecule has 0 aliphatic heterocycles. The van der Waals surface area contributed by atoms with Gasteiger partial charge in [0.1, 0.15) is 0 Å². The number of aromatic nitrogens is 4. The molecule has 192 valence electrons. The summed E-state index contributed by atoms with van der Waals surface area (Å²) in [6, 6.07) is 4.32. The van der Waals surface area contributed by atoms with Gasteiger partial charge in [0.15, 0.2) is 11.5 Å². The number of nitrogens with one attached hydrogen (secondary N) is 2. The van der Waals surface area contributed by atoms with Gasteiger partial charge in [0, 0.05) is 25.5 Å². The Hall–Kier alpha value is -3.64. The molecule has 1 aromatic carbocycles. The van der Waals surface area contributed by atoms with Gasteiger partial charge in [-0.2, -0.15) is 18.3 Å². The number of rotatable bonds is 9. The van der Waals surface area contributed by atoms with Crippen LogP contribution in [0.3, 0.4) is 0 Å². The zero-order chi connectivity index (χ0) is 26.6. The summed E-state index contributed by atoms with van der Waals surface area (Å²) in [5.74, 6) is -1.19. The van der Waals surface area contributed by atoms with Crippen molar-refractivity contribution < 1.29 is 22.8 Å². The van der Waals surface area contributed by atoms with E-state index in [1.165, 1.54) is 42.2 Å². The van der Waals surface area contributed by atoms with Gasteiger partial charge in [0.2, 0.25) is 0 Å². The Bertz CT molecular complexity index is 1300. The van der Waals surface area contributed by atoms with Crippen LogP contribution in [0.15, 0.2) is 42.7 Å². The number of carbonyl (C=O) groups excluding carboxylic acids is 2. The van der Waals surface area contributed by atoms with Crippen LogP contribution in [0.25, 0.3) is 11.3 Å². The lowest BCUT2D eigenvalue weighted by Gasteiger charge is -2.10. The average molecular weight is 524 g/mol. The molecule has 4 N–H and O–H groups in total. The number of allylic oxidation sites excluding steroid dienone is 1. The molecule has 36 heavy (non-hydrogen) atoms. The van der Waals surface area contributed by atoms with Gasteiger partial charge < -0.3 is 20.9 Å². The molecule has 3 rings (SSSR count). The average Bonchev–Trinajstić information content (AvgIpc) is 3.36. The quantitative estimate of drug-likeness (QED) is 0.290. The van der Waals surface area contributed by atoms with Gasteiger partial charge in [-0.15, -0.1) is 0 Å². The van der Waals surface area contributed by atoms with Crippen LogP contribution >= 0.6 is 11.6 Å². The van der Waals surface area contributed by atoms with Crippen molar-refractivity contribution in [3.63, 3.8) is 0 Å². The minimum absolute atomic E-state index is 0.0583. The molecule has 0 atom stereocenters. The number of alkyl halides is 3. The third kappa shape index (κ3) is 6.13. The predicted octanol–water partition coefficient (Wildman–Crippen LogP) is 3.86. The molecule has 0 unspecified atom stereocenters. The molecular formula is C23H25ClF3N7O2. The van der Waals surface area contributed by atoms with Crippen LogP contribution in [0.5, 0.6) is 0 Å². The molecule has 2 aromatic heterocycles. The van der Waals surface area contributed by atoms with Crippen LogP contribution in [0.4, 0.5) is 18.9 Å². The highest BCUT2D eigenvalue weighted by Crippen LogP contribution is 2.36. The Morgan fingerprint density at radius 2 is 1.97 bits per heavy atom. The van der Waals surface area contributed by atoms with Gasteiger partial charge in [0.25, 0.3) is 11.8 Å². The normalized spacial score (nSPS) is 11.4. The summed E-state index contributed by atoms with van der Waals surface area (Å²) < 4.78 is 43.3. The molecule has 0 radical (unpaired) electrons. The van der Waals surface area contributed by atoms with E-state index in [0.717, 1.165) is 4.68 Å². The molecule has 0 bridgehead atoms. The van der Waals surface area contributed by atoms with E-state index in [9.17, 15) is 22.8 Å². The summed E-state index contributed by atoms with van der Waals surface area (Å²) in [6.07, 6.45) is -1.68. The van der Waals surface area contributed by atoms with E-state index in [-0.39, 0.29) is 45.8 Å². The summed E-state index contributed by atoms with van der Waals surface area (Å²) in [5.41, 5.74) is 5.28. The van der Waals surface area contributed by atoms with Crippen LogP contribution in [-0.4, -0.2) is 44.2 Å². The molecule has 0 saturated carbocycles. The highest BCUT2D eigenvalue weighted by molar-refractivity contribution is 6.34. The predicted molar refractivity (Wildman–Crippen MR) is 130 cm³/mol. The van der Waals surface area contributed by atoms with Crippen molar-refractivity contribution >= 4 is 29.1 Å². The minimum Gasteiger partial charge on any atom is -0.352 e. The summed E-state index contributed by atoms with van der Waals surface area (Å²) in [7, 11) is 1.43. The first-order chi connectivity index (χ1) is 16.9. The molecule has 0 aliphatic rings. The SMILES string of the molecule is C=C(C)Cn1cc(-c2cnc(C(=O)Nc3ccc(C(=O)NCCCN)c(Cl)c3)n2C)c(C(F)(F)F)n1. The van der Waals surface area contributed by atoms with Crippen LogP contribution in [0.2, 0.25) is 5.02 Å². The number of anilines is 1. The van der Waals surface area contributed by atoms with Crippen molar-refractivity contribution in [2.75, 3.05) is 18.4 Å². The fraction of sp³-hybridized carbons (Fsp3) is 0.304. The van der Waals surface area contributed by atoms with E-state index < -0.39 is 17.8 Å². The van der Waals surface area contributed by atoms with E-state index in [1.54, 1.807) is 6.92 Å². The maximum absolute atomic E-state index is 13.6. The number of halogens is 4. The molecule has 0 aliphatic carbocycles. The van der Waals surface area contributed by atoms with E-state index in [0.29, 0.717) is 25.1 Å². The summed E-state index contributed by atoms with van der Waals surface area (Å²) in [6.45, 7) is 6.31. The molecule has 0 fully saturated rings. The molecule has 9 nitrogen and oxygen atoms in total. The van der Waals surface area contributed by atoms with E-state index in [2.05, 4.69) is 27.3 Å². The highest BCUT2D eigenvalue weighted by Gasteiger charge is 2.38. The molecule has 13 heteroatoms. The second-order valence-electron chi connectivity index (χ2n) is 8.12. The number of amides is 2. The first kappa shape index (κ1) is 27.0. The fourth-order valence-corrected chi connectivity index (χ4v) is 3.68. The molecular weight excluding hydrogens is 499 g/mol. The van der Waals surface area contributed by atoms with Crippen molar-refractivity contribution in [2.24, 2.45) is 12.8 Å². The Morgan fingerprint density at radius 3 is 2.58 bits per heavy atom. The van der Waals surface area contributed by atoms with Crippen molar-refractivity contribution in [2.45, 2.75) is 26.1 Å². The first-order valence-electron chi connectivity index (χ1n) is 10.8. The van der Waals surface area contributed by atoms with Crippen LogP contribution in [0.1, 0.15) is 40.0 Å². The van der Waals surface area contributed by atoms with Crippen molar-refractivity contribution in [3.8, 4) is 11.3 Å². The van der Waals surface area contributed by atoms with Gasteiger partial charge in [-0.25, -0.2) is 4.98 Å². The maximum Gasteiger partial charge on any atom is 0.435 e. The summed E-state index contributed by atoms with van der Waals surface area (Å²) in [5, 5.41) is 9.04. The molecule has 2 heterocycles. The molecule has 0 saturated heterocycles. The molecule has 3 aromatic rings. The lowest BCUT2D eigenvalue weighted by Crippen LogP contribution is -2.26. The third-order valence-corrected chi connectivity index (χ3v) is 5.38. The fourth-order valence-electron chi connectivity index (χ4n) is 3.41. The largest absolute Gasteiger partial charge is 0.435 e. The summed E-state index contributed by atoms with van der Waals surface area (Å²) >= 11 is 6.20. The zero-order valence-electron chi connectivity index (χ0n) is 19.6. The Balaban J connectivity index is 1.83. The smallest absolute Gasteiger partial charge is 0.352 e. The zero-order valence-corrected chi connectivity index (χ0v) is 20.4. The number of imidazole rings is 1. The highest BCUT2D eigenvalue weighted by atomic mass is 35.5. The number of benzene rings is 1. The number of carbonyl (C=O) groups is 2. The number of hydrogen-bond donors (Lipinski definition) is 3. The molecule has 2 amide bonds. The maximum atomic E-state index is 13.6. The van der Waals surface area contributed by atoms with Crippen molar-refractivity contribution in [3.05, 3.63) is 64.8 Å². The molecule has 0 spiro atoms. The van der Waals surface area contributed by atoms with Gasteiger partial charge in [-0.1, -0.05) is 23.8 Å². The number of hydrogen-bond acceptors (Lipinski definition) is 5. The first-order valence-corrected chi connectivity index (χ1v) is 11.2. The monoisotopic (exact) mass is 523 g/mol. The van der Waals surface area contributed by atoms with Gasteiger partial charge in [-0.05, 0) is 38.1 Å². The second-order valence-corrected chi connectivity index (χ2v) is 8.52. The Kier molecular flexibility index (Phi) is 8.21. The van der Waals surface area contributed by atoms with Gasteiger partial charge in [0.05, 0.1) is 34.6 Å². The Labute approximate surface area is 210 Å². The number of nitrogens with two attached hydrogens (primary N) is 1. The standard InChI is InChI=1S/C23H25ClF3N7O2/c1-13(2)11-34-12-16(19(32-34)23(25,26)27)18-10-30-20(33(18)3)22(36)31-14-5-6-15(17(24)9-14)21(35)29-8-4-7-28/h5-6,9-10,12H,1,4,7-8,11,28H2,2-3H3,(H,29,35)(H,31,36). The third-order valence-electron chi connectivity index (χ3n) is 5.07. The minimum atomic E-state index is -4.71. The van der Waals surface area contributed by atoms with Crippen molar-refractivity contribution in [1.82, 2.24) is 24.6 Å². The van der Waals surface area contributed by atoms with Crippen LogP contribution in [0, 0.1) is 0 Å². The topological polar surface area (TPSA) is 120 Å². The van der Waals surface area contributed by atoms with E-state index in [4.69, 9.17) is 17.3 Å².